The molecule has 20 heavy (non-hydrogen) atoms. The highest BCUT2D eigenvalue weighted by molar-refractivity contribution is 7.85. The van der Waals surface area contributed by atoms with Crippen LogP contribution in [0.2, 0.25) is 0 Å². The Morgan fingerprint density at radius 3 is 1.40 bits per heavy atom. The Balaban J connectivity index is 0. The Labute approximate surface area is 130 Å². The van der Waals surface area contributed by atoms with Gasteiger partial charge in [-0.2, -0.15) is 18.3 Å². The second kappa shape index (κ2) is 15.7. The van der Waals surface area contributed by atoms with Crippen LogP contribution >= 0.6 is 9.90 Å². The van der Waals surface area contributed by atoms with Crippen molar-refractivity contribution in [1.82, 2.24) is 0 Å². The molecular weight excluding hydrogens is 291 g/mol. The summed E-state index contributed by atoms with van der Waals surface area (Å²) in [7, 11) is -3.24. The third kappa shape index (κ3) is 20.7. The molecular formula is C15H35O3PS. The van der Waals surface area contributed by atoms with Crippen LogP contribution in [-0.2, 0) is 14.3 Å². The summed E-state index contributed by atoms with van der Waals surface area (Å²) in [6.07, 6.45) is 16.4. The van der Waals surface area contributed by atoms with E-state index in [9.17, 15) is 8.42 Å². The van der Waals surface area contributed by atoms with Gasteiger partial charge in [-0.1, -0.05) is 77.6 Å². The molecule has 0 rings (SSSR count). The van der Waals surface area contributed by atoms with E-state index in [-0.39, 0.29) is 9.90 Å². The van der Waals surface area contributed by atoms with Gasteiger partial charge >= 0.3 is 0 Å². The van der Waals surface area contributed by atoms with Gasteiger partial charge in [0, 0.05) is 0 Å². The molecule has 0 fully saturated rings. The summed E-state index contributed by atoms with van der Waals surface area (Å²) in [4.78, 5) is 0. The van der Waals surface area contributed by atoms with Gasteiger partial charge in [-0.15, -0.1) is 0 Å². The maximum absolute atomic E-state index is 10.7. The van der Waals surface area contributed by atoms with Crippen LogP contribution in [0, 0.1) is 0 Å². The summed E-state index contributed by atoms with van der Waals surface area (Å²) in [5, 5.41) is 0. The lowest BCUT2D eigenvalue weighted by molar-refractivity contribution is 0.309. The van der Waals surface area contributed by atoms with E-state index >= 15 is 0 Å². The van der Waals surface area contributed by atoms with Crippen LogP contribution in [0.25, 0.3) is 0 Å². The van der Waals surface area contributed by atoms with Gasteiger partial charge in [-0.05, 0) is 6.42 Å². The quantitative estimate of drug-likeness (QED) is 0.263. The van der Waals surface area contributed by atoms with E-state index in [2.05, 4.69) is 6.92 Å². The van der Waals surface area contributed by atoms with Crippen molar-refractivity contribution in [1.29, 1.82) is 0 Å². The second-order valence-corrected chi connectivity index (χ2v) is 7.06. The molecule has 0 aromatic heterocycles. The molecule has 0 radical (unpaired) electrons. The Morgan fingerprint density at radius 2 is 1.05 bits per heavy atom. The zero-order chi connectivity index (χ0) is 14.4. The molecule has 5 heteroatoms. The number of hydrogen-bond donors (Lipinski definition) is 0. The summed E-state index contributed by atoms with van der Waals surface area (Å²) < 4.78 is 26.1. The van der Waals surface area contributed by atoms with Gasteiger partial charge in [0.05, 0.1) is 12.9 Å². The van der Waals surface area contributed by atoms with Crippen molar-refractivity contribution in [3.05, 3.63) is 0 Å². The maximum Gasteiger partial charge on any atom is 0.264 e. The fourth-order valence-electron chi connectivity index (χ4n) is 2.15. The monoisotopic (exact) mass is 326 g/mol. The molecule has 0 N–H and O–H groups in total. The zero-order valence-corrected chi connectivity index (χ0v) is 15.8. The topological polar surface area (TPSA) is 43.4 Å². The number of unbranched alkanes of at least 4 members (excludes halogenated alkanes) is 11. The first kappa shape index (κ1) is 22.6. The first-order valence-electron chi connectivity index (χ1n) is 7.90. The van der Waals surface area contributed by atoms with Crippen LogP contribution in [0.15, 0.2) is 0 Å². The molecule has 0 aromatic carbocycles. The van der Waals surface area contributed by atoms with Gasteiger partial charge in [0.2, 0.25) is 0 Å². The van der Waals surface area contributed by atoms with E-state index in [1.807, 2.05) is 0 Å². The molecule has 0 saturated heterocycles. The van der Waals surface area contributed by atoms with Crippen molar-refractivity contribution in [3.8, 4) is 0 Å². The molecule has 0 aliphatic carbocycles. The lowest BCUT2D eigenvalue weighted by atomic mass is 10.1. The highest BCUT2D eigenvalue weighted by atomic mass is 32.2. The minimum atomic E-state index is -3.24. The summed E-state index contributed by atoms with van der Waals surface area (Å²) in [6, 6.07) is 0. The highest BCUT2D eigenvalue weighted by Gasteiger charge is 2.00. The zero-order valence-electron chi connectivity index (χ0n) is 13.5. The summed E-state index contributed by atoms with van der Waals surface area (Å²) in [5.41, 5.74) is 0. The van der Waals surface area contributed by atoms with Gasteiger partial charge in [-0.25, -0.2) is 0 Å². The molecule has 1 atom stereocenters. The average molecular weight is 326 g/mol. The van der Waals surface area contributed by atoms with Crippen LogP contribution in [0.5, 0.6) is 0 Å². The molecule has 124 valence electrons. The van der Waals surface area contributed by atoms with Crippen LogP contribution in [0.3, 0.4) is 0 Å². The van der Waals surface area contributed by atoms with Crippen molar-refractivity contribution >= 4 is 20.0 Å². The molecule has 0 aliphatic heterocycles. The Morgan fingerprint density at radius 1 is 0.700 bits per heavy atom. The van der Waals surface area contributed by atoms with Gasteiger partial charge in [0.1, 0.15) is 0 Å². The molecule has 0 aliphatic rings. The minimum Gasteiger partial charge on any atom is -0.270 e. The van der Waals surface area contributed by atoms with E-state index in [4.69, 9.17) is 4.18 Å². The van der Waals surface area contributed by atoms with Crippen LogP contribution in [0.4, 0.5) is 0 Å². The van der Waals surface area contributed by atoms with Crippen molar-refractivity contribution in [2.75, 3.05) is 12.9 Å². The van der Waals surface area contributed by atoms with Crippen LogP contribution in [-0.4, -0.2) is 21.3 Å². The Kier molecular flexibility index (Phi) is 17.8. The van der Waals surface area contributed by atoms with E-state index < -0.39 is 10.1 Å². The number of hydrogen-bond acceptors (Lipinski definition) is 3. The average Bonchev–Trinajstić information content (AvgIpc) is 2.34. The fourth-order valence-corrected chi connectivity index (χ4v) is 2.57. The summed E-state index contributed by atoms with van der Waals surface area (Å²) in [5.74, 6) is 0. The van der Waals surface area contributed by atoms with Crippen molar-refractivity contribution in [2.24, 2.45) is 0 Å². The first-order chi connectivity index (χ1) is 9.06. The van der Waals surface area contributed by atoms with Gasteiger partial charge in [0.15, 0.2) is 0 Å². The van der Waals surface area contributed by atoms with Gasteiger partial charge in [0.25, 0.3) is 10.1 Å². The van der Waals surface area contributed by atoms with E-state index in [0.29, 0.717) is 6.61 Å². The predicted octanol–water partition coefficient (Wildman–Crippen LogP) is 4.72. The molecule has 0 bridgehead atoms. The largest absolute Gasteiger partial charge is 0.270 e. The van der Waals surface area contributed by atoms with Crippen molar-refractivity contribution < 1.29 is 12.6 Å². The van der Waals surface area contributed by atoms with Gasteiger partial charge < -0.3 is 0 Å². The minimum absolute atomic E-state index is 0. The third-order valence-corrected chi connectivity index (χ3v) is 3.89. The standard InChI is InChI=1S/C15H32O3S.H3P/c1-3-4-5-6-7-8-9-10-11-12-13-14-15-18-19(2,16)17;/h3-15H2,1-2H3;1H3. The molecule has 1 unspecified atom stereocenters. The van der Waals surface area contributed by atoms with Crippen molar-refractivity contribution in [2.45, 2.75) is 84.0 Å². The van der Waals surface area contributed by atoms with Crippen LogP contribution in [0.1, 0.15) is 84.0 Å². The maximum atomic E-state index is 10.7. The summed E-state index contributed by atoms with van der Waals surface area (Å²) >= 11 is 0. The Hall–Kier alpha value is 0.340. The SMILES string of the molecule is CCCCCCCCCCCCCCOS(C)(=O)=O.P. The van der Waals surface area contributed by atoms with E-state index in [1.165, 1.54) is 64.2 Å². The predicted molar refractivity (Wildman–Crippen MR) is 93.0 cm³/mol. The number of rotatable bonds is 14. The molecule has 0 saturated carbocycles. The molecule has 3 nitrogen and oxygen atoms in total. The normalized spacial score (nSPS) is 11.3. The first-order valence-corrected chi connectivity index (χ1v) is 9.72. The van der Waals surface area contributed by atoms with Gasteiger partial charge in [-0.3, -0.25) is 4.18 Å². The summed E-state index contributed by atoms with van der Waals surface area (Å²) in [6.45, 7) is 2.59. The van der Waals surface area contributed by atoms with Crippen molar-refractivity contribution in [3.63, 3.8) is 0 Å². The Bertz CT molecular complexity index is 279. The highest BCUT2D eigenvalue weighted by Crippen LogP contribution is 2.11. The third-order valence-electron chi connectivity index (χ3n) is 3.30. The van der Waals surface area contributed by atoms with E-state index in [1.54, 1.807) is 0 Å². The fraction of sp³-hybridized carbons (Fsp3) is 1.00. The van der Waals surface area contributed by atoms with Crippen LogP contribution < -0.4 is 0 Å². The second-order valence-electron chi connectivity index (χ2n) is 5.42. The molecule has 0 spiro atoms. The lowest BCUT2D eigenvalue weighted by Crippen LogP contribution is -2.03. The smallest absolute Gasteiger partial charge is 0.264 e. The molecule has 0 heterocycles. The molecule has 0 amide bonds. The van der Waals surface area contributed by atoms with E-state index in [0.717, 1.165) is 19.1 Å². The lowest BCUT2D eigenvalue weighted by Gasteiger charge is -2.03. The molecule has 0 aromatic rings.